The number of hydrogen-bond acceptors (Lipinski definition) is 2. The lowest BCUT2D eigenvalue weighted by Gasteiger charge is -2.23. The average Bonchev–Trinajstić information content (AvgIpc) is 2.08. The molecule has 4 heteroatoms. The van der Waals surface area contributed by atoms with Gasteiger partial charge in [0.1, 0.15) is 5.82 Å². The molecule has 1 aliphatic rings. The van der Waals surface area contributed by atoms with Crippen molar-refractivity contribution in [1.82, 2.24) is 0 Å². The fraction of sp³-hybridized carbons (Fsp3) is 0.222. The first-order chi connectivity index (χ1) is 6.16. The predicted octanol–water partition coefficient (Wildman–Crippen LogP) is 3.06. The second kappa shape index (κ2) is 3.27. The number of halogens is 1. The lowest BCUT2D eigenvalue weighted by molar-refractivity contribution is 0.627. The number of nitrogens with one attached hydrogen (secondary N) is 1. The Morgan fingerprint density at radius 2 is 2.31 bits per heavy atom. The third-order valence-electron chi connectivity index (χ3n) is 1.87. The second-order valence-electron chi connectivity index (χ2n) is 2.89. The molecule has 0 radical (unpaired) electrons. The molecule has 1 N–H and O–H groups in total. The molecule has 0 aromatic heterocycles. The summed E-state index contributed by atoms with van der Waals surface area (Å²) in [6.07, 6.45) is 0. The van der Waals surface area contributed by atoms with Gasteiger partial charge in [-0.1, -0.05) is 12.2 Å². The third kappa shape index (κ3) is 1.69. The monoisotopic (exact) mass is 213 g/mol. The number of thioether (sulfide) groups is 1. The van der Waals surface area contributed by atoms with E-state index in [9.17, 15) is 4.39 Å². The summed E-state index contributed by atoms with van der Waals surface area (Å²) >= 11 is 6.75. The van der Waals surface area contributed by atoms with Crippen LogP contribution in [0.1, 0.15) is 6.92 Å². The highest BCUT2D eigenvalue weighted by molar-refractivity contribution is 8.02. The molecule has 1 unspecified atom stereocenters. The Morgan fingerprint density at radius 3 is 3.08 bits per heavy atom. The fourth-order valence-electron chi connectivity index (χ4n) is 1.18. The van der Waals surface area contributed by atoms with Gasteiger partial charge in [-0.2, -0.15) is 0 Å². The third-order valence-corrected chi connectivity index (χ3v) is 3.68. The molecular formula is C9H8FNS2. The van der Waals surface area contributed by atoms with E-state index in [1.807, 2.05) is 6.92 Å². The summed E-state index contributed by atoms with van der Waals surface area (Å²) in [5.74, 6) is -0.232. The normalized spacial score (nSPS) is 20.8. The summed E-state index contributed by atoms with van der Waals surface area (Å²) < 4.78 is 12.8. The quantitative estimate of drug-likeness (QED) is 0.665. The molecular weight excluding hydrogens is 205 g/mol. The van der Waals surface area contributed by atoms with E-state index in [2.05, 4.69) is 5.32 Å². The Morgan fingerprint density at radius 1 is 1.54 bits per heavy atom. The number of rotatable bonds is 0. The van der Waals surface area contributed by atoms with Crippen molar-refractivity contribution >= 4 is 34.7 Å². The molecule has 0 saturated heterocycles. The highest BCUT2D eigenvalue weighted by Crippen LogP contribution is 2.35. The Kier molecular flexibility index (Phi) is 2.26. The van der Waals surface area contributed by atoms with E-state index >= 15 is 0 Å². The van der Waals surface area contributed by atoms with Crippen molar-refractivity contribution in [2.45, 2.75) is 17.1 Å². The van der Waals surface area contributed by atoms with Gasteiger partial charge < -0.3 is 5.32 Å². The molecule has 0 bridgehead atoms. The molecule has 0 aliphatic carbocycles. The summed E-state index contributed by atoms with van der Waals surface area (Å²) in [5, 5.41) is 3.29. The van der Waals surface area contributed by atoms with Crippen molar-refractivity contribution in [1.29, 1.82) is 0 Å². The van der Waals surface area contributed by atoms with Gasteiger partial charge >= 0.3 is 0 Å². The van der Waals surface area contributed by atoms with Gasteiger partial charge in [-0.15, -0.1) is 11.8 Å². The van der Waals surface area contributed by atoms with Crippen LogP contribution in [0.3, 0.4) is 0 Å². The minimum absolute atomic E-state index is 0.232. The van der Waals surface area contributed by atoms with Crippen LogP contribution in [0.25, 0.3) is 0 Å². The predicted molar refractivity (Wildman–Crippen MR) is 57.9 cm³/mol. The molecule has 0 amide bonds. The zero-order valence-corrected chi connectivity index (χ0v) is 8.64. The maximum absolute atomic E-state index is 12.8. The number of fused-ring (bicyclic) bond motifs is 1. The maximum atomic E-state index is 12.8. The van der Waals surface area contributed by atoms with E-state index in [4.69, 9.17) is 12.2 Å². The molecule has 1 aromatic carbocycles. The second-order valence-corrected chi connectivity index (χ2v) is 4.71. The Bertz CT molecular complexity index is 365. The van der Waals surface area contributed by atoms with Gasteiger partial charge in [-0.05, 0) is 25.1 Å². The molecule has 13 heavy (non-hydrogen) atoms. The van der Waals surface area contributed by atoms with Crippen molar-refractivity contribution in [3.05, 3.63) is 24.0 Å². The minimum atomic E-state index is -0.232. The molecule has 68 valence electrons. The molecule has 0 saturated carbocycles. The minimum Gasteiger partial charge on any atom is -0.348 e. The van der Waals surface area contributed by atoms with E-state index in [-0.39, 0.29) is 11.1 Å². The van der Waals surface area contributed by atoms with Crippen LogP contribution in [-0.4, -0.2) is 10.2 Å². The Hall–Kier alpha value is -0.610. The largest absolute Gasteiger partial charge is 0.348 e. The maximum Gasteiger partial charge on any atom is 0.125 e. The van der Waals surface area contributed by atoms with E-state index in [0.29, 0.717) is 0 Å². The number of hydrogen-bond donors (Lipinski definition) is 1. The van der Waals surface area contributed by atoms with Gasteiger partial charge in [-0.3, -0.25) is 0 Å². The first kappa shape index (κ1) is 8.97. The number of thiocarbonyl (C=S) groups is 1. The Labute approximate surface area is 85.7 Å². The molecule has 1 heterocycles. The van der Waals surface area contributed by atoms with Gasteiger partial charge in [0.2, 0.25) is 0 Å². The molecule has 1 aliphatic heterocycles. The van der Waals surface area contributed by atoms with Gasteiger partial charge in [0, 0.05) is 4.90 Å². The average molecular weight is 213 g/mol. The molecule has 1 nitrogen and oxygen atoms in total. The highest BCUT2D eigenvalue weighted by Gasteiger charge is 2.19. The zero-order valence-electron chi connectivity index (χ0n) is 7.00. The fourth-order valence-corrected chi connectivity index (χ4v) is 2.37. The van der Waals surface area contributed by atoms with Crippen LogP contribution in [0.2, 0.25) is 0 Å². The molecule has 1 aromatic rings. The lowest BCUT2D eigenvalue weighted by Crippen LogP contribution is -2.24. The van der Waals surface area contributed by atoms with Crippen molar-refractivity contribution in [2.75, 3.05) is 5.32 Å². The van der Waals surface area contributed by atoms with Crippen LogP contribution in [0.15, 0.2) is 23.1 Å². The van der Waals surface area contributed by atoms with Crippen LogP contribution in [0.4, 0.5) is 10.1 Å². The van der Waals surface area contributed by atoms with Gasteiger partial charge in [0.05, 0.1) is 15.9 Å². The van der Waals surface area contributed by atoms with E-state index in [1.165, 1.54) is 12.1 Å². The van der Waals surface area contributed by atoms with E-state index < -0.39 is 0 Å². The van der Waals surface area contributed by atoms with E-state index in [0.717, 1.165) is 15.6 Å². The van der Waals surface area contributed by atoms with Crippen molar-refractivity contribution in [2.24, 2.45) is 0 Å². The summed E-state index contributed by atoms with van der Waals surface area (Å²) in [6, 6.07) is 4.72. The van der Waals surface area contributed by atoms with Crippen molar-refractivity contribution < 1.29 is 4.39 Å². The van der Waals surface area contributed by atoms with Crippen molar-refractivity contribution in [3.8, 4) is 0 Å². The highest BCUT2D eigenvalue weighted by atomic mass is 32.2. The summed E-state index contributed by atoms with van der Waals surface area (Å²) in [6.45, 7) is 2.03. The van der Waals surface area contributed by atoms with E-state index in [1.54, 1.807) is 17.8 Å². The van der Waals surface area contributed by atoms with Crippen LogP contribution in [0.5, 0.6) is 0 Å². The summed E-state index contributed by atoms with van der Waals surface area (Å²) in [4.78, 5) is 1.82. The van der Waals surface area contributed by atoms with Crippen LogP contribution >= 0.6 is 24.0 Å². The zero-order chi connectivity index (χ0) is 9.42. The smallest absolute Gasteiger partial charge is 0.125 e. The lowest BCUT2D eigenvalue weighted by atomic mass is 10.3. The first-order valence-corrected chi connectivity index (χ1v) is 5.22. The van der Waals surface area contributed by atoms with Gasteiger partial charge in [-0.25, -0.2) is 4.39 Å². The summed E-state index contributed by atoms with van der Waals surface area (Å²) in [5.41, 5.74) is 0.785. The number of anilines is 1. The molecule has 1 atom stereocenters. The van der Waals surface area contributed by atoms with Gasteiger partial charge in [0.15, 0.2) is 0 Å². The number of benzene rings is 1. The summed E-state index contributed by atoms with van der Waals surface area (Å²) in [7, 11) is 0. The van der Waals surface area contributed by atoms with Crippen LogP contribution in [0, 0.1) is 5.82 Å². The standard InChI is InChI=1S/C9H8FNS2/c1-5-9(12)11-7-4-6(10)2-3-8(7)13-5/h2-5H,1H3,(H,11,12). The Balaban J connectivity index is 2.42. The topological polar surface area (TPSA) is 12.0 Å². The molecule has 2 rings (SSSR count). The van der Waals surface area contributed by atoms with Crippen molar-refractivity contribution in [3.63, 3.8) is 0 Å². The van der Waals surface area contributed by atoms with Gasteiger partial charge in [0.25, 0.3) is 0 Å². The van der Waals surface area contributed by atoms with Crippen LogP contribution in [-0.2, 0) is 0 Å². The van der Waals surface area contributed by atoms with Crippen LogP contribution < -0.4 is 5.32 Å². The molecule has 0 spiro atoms. The molecule has 0 fully saturated rings. The SMILES string of the molecule is CC1Sc2ccc(F)cc2NC1=S. The first-order valence-electron chi connectivity index (χ1n) is 3.94.